The van der Waals surface area contributed by atoms with Gasteiger partial charge in [-0.1, -0.05) is 12.1 Å². The van der Waals surface area contributed by atoms with Crippen LogP contribution in [0.3, 0.4) is 0 Å². The molecule has 4 atom stereocenters. The molecule has 12 nitrogen and oxygen atoms in total. The monoisotopic (exact) mass is 686 g/mol. The number of fused-ring (bicyclic) bond motifs is 2. The molecule has 1 aliphatic heterocycles. The Morgan fingerprint density at radius 3 is 2.31 bits per heavy atom. The van der Waals surface area contributed by atoms with Crippen LogP contribution < -0.4 is 15.4 Å². The Labute approximate surface area is 282 Å². The molecule has 4 unspecified atom stereocenters. The summed E-state index contributed by atoms with van der Waals surface area (Å²) in [4.78, 5) is 36.0. The lowest BCUT2D eigenvalue weighted by molar-refractivity contribution is -0.274. The zero-order valence-corrected chi connectivity index (χ0v) is 26.9. The first-order valence-electron chi connectivity index (χ1n) is 16.3. The highest BCUT2D eigenvalue weighted by Crippen LogP contribution is 2.44. The summed E-state index contributed by atoms with van der Waals surface area (Å²) in [6, 6.07) is 14.2. The minimum atomic E-state index is -4.76. The molecule has 3 fully saturated rings. The van der Waals surface area contributed by atoms with Gasteiger partial charge in [-0.15, -0.1) is 13.2 Å². The number of halogens is 3. The Morgan fingerprint density at radius 1 is 0.959 bits per heavy atom. The van der Waals surface area contributed by atoms with E-state index in [0.29, 0.717) is 73.9 Å². The van der Waals surface area contributed by atoms with Gasteiger partial charge in [0.05, 0.1) is 31.1 Å². The van der Waals surface area contributed by atoms with Gasteiger partial charge >= 0.3 is 6.36 Å². The molecule has 6 rings (SSSR count). The van der Waals surface area contributed by atoms with E-state index in [1.54, 1.807) is 24.3 Å². The fourth-order valence-corrected chi connectivity index (χ4v) is 6.36. The number of aliphatic hydroxyl groups is 2. The van der Waals surface area contributed by atoms with Crippen molar-refractivity contribution in [1.29, 1.82) is 0 Å². The molecule has 0 radical (unpaired) electrons. The molecule has 3 aliphatic rings. The highest BCUT2D eigenvalue weighted by atomic mass is 19.4. The van der Waals surface area contributed by atoms with Gasteiger partial charge in [0, 0.05) is 62.1 Å². The topological polar surface area (TPSA) is 149 Å². The van der Waals surface area contributed by atoms with E-state index in [1.807, 2.05) is 11.0 Å². The first kappa shape index (κ1) is 36.0. The van der Waals surface area contributed by atoms with Gasteiger partial charge in [-0.3, -0.25) is 14.5 Å². The third kappa shape index (κ3) is 10.3. The van der Waals surface area contributed by atoms with Crippen molar-refractivity contribution in [2.45, 2.75) is 37.8 Å². The van der Waals surface area contributed by atoms with Crippen molar-refractivity contribution >= 4 is 23.8 Å². The molecular weight excluding hydrogens is 645 g/mol. The molecular formula is C34H41F3N6O6. The van der Waals surface area contributed by atoms with Crippen LogP contribution in [0.5, 0.6) is 5.75 Å². The van der Waals surface area contributed by atoms with E-state index >= 15 is 0 Å². The van der Waals surface area contributed by atoms with Crippen molar-refractivity contribution in [3.63, 3.8) is 0 Å². The van der Waals surface area contributed by atoms with Crippen LogP contribution >= 0.6 is 0 Å². The van der Waals surface area contributed by atoms with Crippen LogP contribution in [0, 0.1) is 11.8 Å². The fraction of sp³-hybridized carbons (Fsp3) is 0.471. The lowest BCUT2D eigenvalue weighted by Gasteiger charge is -2.34. The summed E-state index contributed by atoms with van der Waals surface area (Å²) in [6.07, 6.45) is -0.229. The van der Waals surface area contributed by atoms with Crippen LogP contribution in [0.4, 0.5) is 24.7 Å². The van der Waals surface area contributed by atoms with Crippen LogP contribution in [0.1, 0.15) is 29.6 Å². The second-order valence-corrected chi connectivity index (χ2v) is 12.2. The predicted octanol–water partition coefficient (Wildman–Crippen LogP) is 3.44. The number of amides is 2. The Kier molecular flexibility index (Phi) is 12.4. The zero-order chi connectivity index (χ0) is 34.8. The average Bonchev–Trinajstić information content (AvgIpc) is 3.69. The van der Waals surface area contributed by atoms with Gasteiger partial charge in [-0.25, -0.2) is 9.97 Å². The number of hydrogen-bond acceptors (Lipinski definition) is 10. The molecule has 2 aromatic carbocycles. The quantitative estimate of drug-likeness (QED) is 0.165. The average molecular weight is 687 g/mol. The van der Waals surface area contributed by atoms with Crippen LogP contribution in [-0.4, -0.2) is 113 Å². The molecule has 2 saturated carbocycles. The molecule has 2 amide bonds. The summed E-state index contributed by atoms with van der Waals surface area (Å²) in [5.41, 5.74) is 2.37. The van der Waals surface area contributed by atoms with Crippen LogP contribution in [0.15, 0.2) is 60.9 Å². The molecule has 4 N–H and O–H groups in total. The maximum atomic E-state index is 13.2. The predicted molar refractivity (Wildman–Crippen MR) is 174 cm³/mol. The van der Waals surface area contributed by atoms with Crippen molar-refractivity contribution in [3.8, 4) is 17.0 Å². The summed E-state index contributed by atoms with van der Waals surface area (Å²) >= 11 is 0. The highest BCUT2D eigenvalue weighted by molar-refractivity contribution is 5.95. The maximum absolute atomic E-state index is 13.2. The van der Waals surface area contributed by atoms with Crippen molar-refractivity contribution in [1.82, 2.24) is 25.1 Å². The van der Waals surface area contributed by atoms with Gasteiger partial charge in [0.2, 0.25) is 6.41 Å². The van der Waals surface area contributed by atoms with Gasteiger partial charge in [0.15, 0.2) is 0 Å². The second-order valence-electron chi connectivity index (χ2n) is 12.2. The molecule has 15 heteroatoms. The summed E-state index contributed by atoms with van der Waals surface area (Å²) in [7, 11) is 0. The molecule has 0 spiro atoms. The maximum Gasteiger partial charge on any atom is 0.573 e. The fourth-order valence-electron chi connectivity index (χ4n) is 6.36. The Balaban J connectivity index is 0.000000444. The van der Waals surface area contributed by atoms with Gasteiger partial charge < -0.3 is 35.2 Å². The summed E-state index contributed by atoms with van der Waals surface area (Å²) in [6.45, 7) is 4.95. The van der Waals surface area contributed by atoms with Gasteiger partial charge in [-0.2, -0.15) is 0 Å². The van der Waals surface area contributed by atoms with Crippen LogP contribution in [0.2, 0.25) is 0 Å². The second kappa shape index (κ2) is 16.9. The molecule has 1 saturated heterocycles. The van der Waals surface area contributed by atoms with Crippen LogP contribution in [-0.2, 0) is 9.53 Å². The highest BCUT2D eigenvalue weighted by Gasteiger charge is 2.45. The number of anilines is 2. The summed E-state index contributed by atoms with van der Waals surface area (Å²) in [5.74, 6) is 0.895. The van der Waals surface area contributed by atoms with Crippen LogP contribution in [0.25, 0.3) is 11.3 Å². The lowest BCUT2D eigenvalue weighted by Crippen LogP contribution is -2.49. The number of hydrogen-bond donors (Lipinski definition) is 4. The molecule has 1 aromatic heterocycles. The first-order valence-corrected chi connectivity index (χ1v) is 16.3. The minimum Gasteiger partial charge on any atom is -0.406 e. The van der Waals surface area contributed by atoms with E-state index < -0.39 is 18.6 Å². The normalized spacial score (nSPS) is 21.9. The molecule has 264 valence electrons. The number of ether oxygens (including phenoxy) is 2. The number of nitrogens with zero attached hydrogens (tertiary/aromatic N) is 4. The summed E-state index contributed by atoms with van der Waals surface area (Å²) in [5, 5.41) is 24.1. The third-order valence-electron chi connectivity index (χ3n) is 8.95. The van der Waals surface area contributed by atoms with Gasteiger partial charge in [-0.05, 0) is 67.5 Å². The number of alkyl halides is 3. The summed E-state index contributed by atoms with van der Waals surface area (Å²) < 4.78 is 46.5. The van der Waals surface area contributed by atoms with E-state index in [2.05, 4.69) is 30.2 Å². The number of aliphatic hydroxyl groups excluding tert-OH is 2. The number of aromatic nitrogens is 2. The first-order chi connectivity index (χ1) is 23.6. The van der Waals surface area contributed by atoms with Gasteiger partial charge in [0.25, 0.3) is 5.91 Å². The van der Waals surface area contributed by atoms with Crippen molar-refractivity contribution in [2.75, 3.05) is 57.8 Å². The molecule has 2 heterocycles. The van der Waals surface area contributed by atoms with E-state index in [-0.39, 0.29) is 11.7 Å². The number of carbonyl (C=O) groups is 2. The zero-order valence-electron chi connectivity index (χ0n) is 26.9. The Bertz CT molecular complexity index is 1500. The molecule has 2 bridgehead atoms. The van der Waals surface area contributed by atoms with Crippen molar-refractivity contribution in [3.05, 3.63) is 66.5 Å². The Morgan fingerprint density at radius 2 is 1.67 bits per heavy atom. The largest absolute Gasteiger partial charge is 0.573 e. The Hall–Kier alpha value is -4.31. The molecule has 3 aromatic rings. The standard InChI is InChI=1S/C27H29F3N6O4.C7H12O2/c28-27(29,30)40-23-6-4-22(5-7-23)34-25-17-24(32-18-33-25)20-2-1-3-21(16-20)26(38)36-11-9-35(10-12-36)13-15-39-14-8-31-19-37;8-6-4-1-2-5(3-4)7(6)9/h1-7,16-19H,8-15H2,(H,31,37)(H,32,33,34);4-9H,1-3H2. The van der Waals surface area contributed by atoms with Gasteiger partial charge in [0.1, 0.15) is 17.9 Å². The number of piperazine rings is 1. The molecule has 2 aliphatic carbocycles. The lowest BCUT2D eigenvalue weighted by atomic mass is 9.95. The number of rotatable bonds is 12. The SMILES string of the molecule is O=CNCCOCCN1CCN(C(=O)c2cccc(-c3cc(Nc4ccc(OC(F)(F)F)cc4)ncn3)c2)CC1.OC1C2CCC(C2)C1O. The number of nitrogens with one attached hydrogen (secondary N) is 2. The number of benzene rings is 2. The molecule has 49 heavy (non-hydrogen) atoms. The van der Waals surface area contributed by atoms with E-state index in [0.717, 1.165) is 44.5 Å². The smallest absolute Gasteiger partial charge is 0.406 e. The van der Waals surface area contributed by atoms with Crippen molar-refractivity contribution < 1.29 is 42.4 Å². The van der Waals surface area contributed by atoms with Crippen molar-refractivity contribution in [2.24, 2.45) is 11.8 Å². The van der Waals surface area contributed by atoms with E-state index in [9.17, 15) is 33.0 Å². The minimum absolute atomic E-state index is 0.0637. The van der Waals surface area contributed by atoms with E-state index in [4.69, 9.17) is 4.74 Å². The third-order valence-corrected chi connectivity index (χ3v) is 8.95. The number of carbonyl (C=O) groups excluding carboxylic acids is 2. The van der Waals surface area contributed by atoms with E-state index in [1.165, 1.54) is 30.6 Å².